The quantitative estimate of drug-likeness (QED) is 0.781. The molecule has 2 nitrogen and oxygen atoms in total. The molecule has 0 aliphatic rings. The predicted octanol–water partition coefficient (Wildman–Crippen LogP) is 2.49. The van der Waals surface area contributed by atoms with Gasteiger partial charge in [-0.25, -0.2) is 4.39 Å². The van der Waals surface area contributed by atoms with Crippen molar-refractivity contribution in [2.45, 2.75) is 0 Å². The third-order valence-electron chi connectivity index (χ3n) is 1.19. The molecule has 0 amide bonds. The number of benzene rings is 1. The summed E-state index contributed by atoms with van der Waals surface area (Å²) in [4.78, 5) is 0. The molecule has 1 rings (SSSR count). The van der Waals surface area contributed by atoms with Gasteiger partial charge in [-0.05, 0) is 18.2 Å². The molecule has 0 atom stereocenters. The fraction of sp³-hybridized carbons (Fsp3) is 0.125. The molecular formula is C8H5BrFNO. The van der Waals surface area contributed by atoms with Crippen LogP contribution in [0.25, 0.3) is 0 Å². The van der Waals surface area contributed by atoms with Crippen molar-refractivity contribution in [3.63, 3.8) is 0 Å². The molecule has 4 heteroatoms. The number of halogens is 2. The first kappa shape index (κ1) is 9.01. The highest BCUT2D eigenvalue weighted by Gasteiger charge is 2.02. The summed E-state index contributed by atoms with van der Waals surface area (Å²) in [7, 11) is 0. The van der Waals surface area contributed by atoms with E-state index in [1.165, 1.54) is 12.1 Å². The molecule has 1 aromatic rings. The Bertz CT molecular complexity index is 321. The molecule has 0 aliphatic heterocycles. The van der Waals surface area contributed by atoms with Crippen molar-refractivity contribution in [1.29, 1.82) is 5.26 Å². The molecule has 0 saturated carbocycles. The Kier molecular flexibility index (Phi) is 3.06. The summed E-state index contributed by atoms with van der Waals surface area (Å²) in [6.07, 6.45) is 0. The molecule has 0 radical (unpaired) electrons. The Hall–Kier alpha value is -1.08. The standard InChI is InChI=1S/C8H5BrFNO/c9-6-1-2-8(7(10)5-6)12-4-3-11/h1-2,5H,4H2. The summed E-state index contributed by atoms with van der Waals surface area (Å²) in [6.45, 7) is -0.140. The second-order valence-electron chi connectivity index (χ2n) is 2.02. The number of hydrogen-bond acceptors (Lipinski definition) is 2. The molecule has 1 aromatic carbocycles. The van der Waals surface area contributed by atoms with Crippen LogP contribution in [0.4, 0.5) is 4.39 Å². The minimum absolute atomic E-state index is 0.0970. The van der Waals surface area contributed by atoms with E-state index in [9.17, 15) is 4.39 Å². The number of rotatable bonds is 2. The van der Waals surface area contributed by atoms with Crippen molar-refractivity contribution in [1.82, 2.24) is 0 Å². The zero-order chi connectivity index (χ0) is 8.97. The van der Waals surface area contributed by atoms with E-state index in [0.717, 1.165) is 0 Å². The Morgan fingerprint density at radius 2 is 2.33 bits per heavy atom. The summed E-state index contributed by atoms with van der Waals surface area (Å²) < 4.78 is 18.3. The third kappa shape index (κ3) is 2.21. The van der Waals surface area contributed by atoms with Gasteiger partial charge in [-0.1, -0.05) is 15.9 Å². The van der Waals surface area contributed by atoms with Crippen molar-refractivity contribution in [3.05, 3.63) is 28.5 Å². The van der Waals surface area contributed by atoms with Gasteiger partial charge in [0.25, 0.3) is 0 Å². The predicted molar refractivity (Wildman–Crippen MR) is 45.2 cm³/mol. The van der Waals surface area contributed by atoms with Gasteiger partial charge in [0.2, 0.25) is 0 Å². The smallest absolute Gasteiger partial charge is 0.174 e. The first-order valence-electron chi connectivity index (χ1n) is 3.19. The van der Waals surface area contributed by atoms with Gasteiger partial charge < -0.3 is 4.74 Å². The first-order chi connectivity index (χ1) is 5.74. The van der Waals surface area contributed by atoms with E-state index in [2.05, 4.69) is 15.9 Å². The van der Waals surface area contributed by atoms with Crippen molar-refractivity contribution in [2.75, 3.05) is 6.61 Å². The van der Waals surface area contributed by atoms with Crippen LogP contribution in [-0.4, -0.2) is 6.61 Å². The van der Waals surface area contributed by atoms with E-state index in [4.69, 9.17) is 10.00 Å². The Balaban J connectivity index is 2.81. The molecule has 0 bridgehead atoms. The molecule has 62 valence electrons. The summed E-state index contributed by atoms with van der Waals surface area (Å²) in [5.41, 5.74) is 0. The van der Waals surface area contributed by atoms with E-state index < -0.39 is 5.82 Å². The average molecular weight is 230 g/mol. The summed E-state index contributed by atoms with van der Waals surface area (Å²) >= 11 is 3.10. The molecule has 0 fully saturated rings. The molecule has 0 heterocycles. The maximum absolute atomic E-state index is 12.9. The number of nitriles is 1. The zero-order valence-electron chi connectivity index (χ0n) is 6.05. The lowest BCUT2D eigenvalue weighted by Crippen LogP contribution is -1.95. The van der Waals surface area contributed by atoms with E-state index in [0.29, 0.717) is 4.47 Å². The minimum Gasteiger partial charge on any atom is -0.476 e. The Labute approximate surface area is 77.7 Å². The van der Waals surface area contributed by atoms with E-state index in [1.807, 2.05) is 0 Å². The van der Waals surface area contributed by atoms with Gasteiger partial charge in [0.05, 0.1) is 0 Å². The number of ether oxygens (including phenoxy) is 1. The molecule has 0 saturated heterocycles. The molecule has 12 heavy (non-hydrogen) atoms. The Morgan fingerprint density at radius 1 is 1.58 bits per heavy atom. The topological polar surface area (TPSA) is 33.0 Å². The van der Waals surface area contributed by atoms with Gasteiger partial charge in [0.1, 0.15) is 6.07 Å². The fourth-order valence-corrected chi connectivity index (χ4v) is 1.04. The molecule has 0 N–H and O–H groups in total. The van der Waals surface area contributed by atoms with E-state index >= 15 is 0 Å². The zero-order valence-corrected chi connectivity index (χ0v) is 7.64. The fourth-order valence-electron chi connectivity index (χ4n) is 0.702. The highest BCUT2D eigenvalue weighted by Crippen LogP contribution is 2.20. The molecule has 0 spiro atoms. The summed E-state index contributed by atoms with van der Waals surface area (Å²) in [5.74, 6) is -0.376. The Morgan fingerprint density at radius 3 is 2.92 bits per heavy atom. The van der Waals surface area contributed by atoms with Crippen LogP contribution in [0.15, 0.2) is 22.7 Å². The maximum Gasteiger partial charge on any atom is 0.174 e. The number of hydrogen-bond donors (Lipinski definition) is 0. The van der Waals surface area contributed by atoms with Gasteiger partial charge in [-0.3, -0.25) is 0 Å². The normalized spacial score (nSPS) is 9.08. The lowest BCUT2D eigenvalue weighted by atomic mass is 10.3. The first-order valence-corrected chi connectivity index (χ1v) is 3.98. The van der Waals surface area contributed by atoms with Gasteiger partial charge in [-0.2, -0.15) is 5.26 Å². The van der Waals surface area contributed by atoms with Crippen LogP contribution in [-0.2, 0) is 0 Å². The van der Waals surface area contributed by atoms with Crippen LogP contribution in [0.1, 0.15) is 0 Å². The van der Waals surface area contributed by atoms with Crippen LogP contribution in [0.5, 0.6) is 5.75 Å². The second-order valence-corrected chi connectivity index (χ2v) is 2.94. The van der Waals surface area contributed by atoms with Crippen molar-refractivity contribution in [2.24, 2.45) is 0 Å². The van der Waals surface area contributed by atoms with E-state index in [-0.39, 0.29) is 12.4 Å². The maximum atomic E-state index is 12.9. The summed E-state index contributed by atoms with van der Waals surface area (Å²) in [6, 6.07) is 6.16. The minimum atomic E-state index is -0.473. The van der Waals surface area contributed by atoms with Gasteiger partial charge in [0, 0.05) is 4.47 Å². The van der Waals surface area contributed by atoms with Crippen molar-refractivity contribution >= 4 is 15.9 Å². The van der Waals surface area contributed by atoms with Crippen LogP contribution < -0.4 is 4.74 Å². The van der Waals surface area contributed by atoms with Crippen LogP contribution in [0.2, 0.25) is 0 Å². The highest BCUT2D eigenvalue weighted by molar-refractivity contribution is 9.10. The molecule has 0 aromatic heterocycles. The van der Waals surface area contributed by atoms with E-state index in [1.54, 1.807) is 12.1 Å². The second kappa shape index (κ2) is 4.07. The van der Waals surface area contributed by atoms with Crippen LogP contribution in [0, 0.1) is 17.1 Å². The van der Waals surface area contributed by atoms with Gasteiger partial charge in [0.15, 0.2) is 18.2 Å². The van der Waals surface area contributed by atoms with Crippen LogP contribution in [0.3, 0.4) is 0 Å². The van der Waals surface area contributed by atoms with Crippen LogP contribution >= 0.6 is 15.9 Å². The van der Waals surface area contributed by atoms with Gasteiger partial charge in [-0.15, -0.1) is 0 Å². The molecular weight excluding hydrogens is 225 g/mol. The lowest BCUT2D eigenvalue weighted by Gasteiger charge is -2.02. The monoisotopic (exact) mass is 229 g/mol. The molecule has 0 unspecified atom stereocenters. The number of nitrogens with zero attached hydrogens (tertiary/aromatic N) is 1. The van der Waals surface area contributed by atoms with Crippen molar-refractivity contribution < 1.29 is 9.13 Å². The van der Waals surface area contributed by atoms with Crippen molar-refractivity contribution in [3.8, 4) is 11.8 Å². The lowest BCUT2D eigenvalue weighted by molar-refractivity contribution is 0.346. The largest absolute Gasteiger partial charge is 0.476 e. The third-order valence-corrected chi connectivity index (χ3v) is 1.68. The molecule has 0 aliphatic carbocycles. The highest BCUT2D eigenvalue weighted by atomic mass is 79.9. The summed E-state index contributed by atoms with van der Waals surface area (Å²) in [5, 5.41) is 8.17. The average Bonchev–Trinajstić information content (AvgIpc) is 2.03. The SMILES string of the molecule is N#CCOc1ccc(Br)cc1F. The van der Waals surface area contributed by atoms with Gasteiger partial charge >= 0.3 is 0 Å².